The Morgan fingerprint density at radius 2 is 1.19 bits per heavy atom. The smallest absolute Gasteiger partial charge is 0.0488 e. The highest BCUT2D eigenvalue weighted by Gasteiger charge is 2.07. The molecule has 0 radical (unpaired) electrons. The van der Waals surface area contributed by atoms with Crippen LogP contribution in [0.25, 0.3) is 21.8 Å². The topological polar surface area (TPSA) is 4.93 Å². The molecule has 0 aliphatic rings. The summed E-state index contributed by atoms with van der Waals surface area (Å²) >= 11 is 0. The Morgan fingerprint density at radius 3 is 1.62 bits per heavy atom. The molecule has 0 unspecified atom stereocenters. The molecule has 0 bridgehead atoms. The Balaban J connectivity index is 2.60. The van der Waals surface area contributed by atoms with E-state index in [1.54, 1.807) is 0 Å². The summed E-state index contributed by atoms with van der Waals surface area (Å²) in [5.74, 6) is 0. The Hall–Kier alpha value is -1.76. The summed E-state index contributed by atoms with van der Waals surface area (Å²) in [4.78, 5) is 0. The molecule has 80 valence electrons. The number of nitrogens with zero attached hydrogens (tertiary/aromatic N) is 1. The van der Waals surface area contributed by atoms with E-state index in [1.807, 2.05) is 0 Å². The van der Waals surface area contributed by atoms with E-state index in [9.17, 15) is 0 Å². The van der Waals surface area contributed by atoms with Crippen LogP contribution in [0.5, 0.6) is 0 Å². The Morgan fingerprint density at radius 1 is 0.750 bits per heavy atom. The van der Waals surface area contributed by atoms with Crippen molar-refractivity contribution >= 4 is 21.8 Å². The van der Waals surface area contributed by atoms with Crippen LogP contribution in [0, 0.1) is 13.8 Å². The molecule has 0 amide bonds. The highest BCUT2D eigenvalue weighted by molar-refractivity contribution is 6.08. The summed E-state index contributed by atoms with van der Waals surface area (Å²) in [6, 6.07) is 13.3. The molecule has 0 atom stereocenters. The molecule has 1 nitrogen and oxygen atoms in total. The first-order chi connectivity index (χ1) is 7.66. The van der Waals surface area contributed by atoms with Crippen molar-refractivity contribution in [3.8, 4) is 0 Å². The first-order valence-corrected chi connectivity index (χ1v) is 5.62. The molecule has 0 fully saturated rings. The lowest BCUT2D eigenvalue weighted by Crippen LogP contribution is -1.86. The van der Waals surface area contributed by atoms with Crippen LogP contribution < -0.4 is 0 Å². The van der Waals surface area contributed by atoms with Gasteiger partial charge in [0.15, 0.2) is 0 Å². The molecule has 0 spiro atoms. The fraction of sp³-hybridized carbons (Fsp3) is 0.200. The summed E-state index contributed by atoms with van der Waals surface area (Å²) in [5.41, 5.74) is 5.26. The average Bonchev–Trinajstić information content (AvgIpc) is 2.52. The van der Waals surface area contributed by atoms with Crippen LogP contribution in [0.1, 0.15) is 11.1 Å². The zero-order valence-electron chi connectivity index (χ0n) is 9.91. The summed E-state index contributed by atoms with van der Waals surface area (Å²) < 4.78 is 2.27. The van der Waals surface area contributed by atoms with Crippen molar-refractivity contribution in [1.29, 1.82) is 0 Å². The molecule has 0 saturated heterocycles. The third-order valence-electron chi connectivity index (χ3n) is 3.32. The molecule has 0 N–H and O–H groups in total. The summed E-state index contributed by atoms with van der Waals surface area (Å²) in [6.07, 6.45) is 0. The van der Waals surface area contributed by atoms with Gasteiger partial charge in [0.25, 0.3) is 0 Å². The second-order valence-corrected chi connectivity index (χ2v) is 4.60. The minimum absolute atomic E-state index is 1.31. The Bertz CT molecular complexity index is 630. The molecule has 0 aliphatic carbocycles. The van der Waals surface area contributed by atoms with Crippen molar-refractivity contribution in [2.24, 2.45) is 7.05 Å². The van der Waals surface area contributed by atoms with E-state index in [0.717, 1.165) is 0 Å². The summed E-state index contributed by atoms with van der Waals surface area (Å²) in [6.45, 7) is 4.29. The van der Waals surface area contributed by atoms with Crippen LogP contribution in [0.2, 0.25) is 0 Å². The Labute approximate surface area is 95.3 Å². The molecule has 1 heteroatoms. The molecule has 1 aromatic heterocycles. The largest absolute Gasteiger partial charge is 0.344 e. The van der Waals surface area contributed by atoms with Gasteiger partial charge < -0.3 is 4.57 Å². The third kappa shape index (κ3) is 1.18. The number of aryl methyl sites for hydroxylation is 3. The normalized spacial score (nSPS) is 11.4. The maximum Gasteiger partial charge on any atom is 0.0488 e. The van der Waals surface area contributed by atoms with E-state index in [4.69, 9.17) is 0 Å². The predicted molar refractivity (Wildman–Crippen MR) is 69.9 cm³/mol. The van der Waals surface area contributed by atoms with Gasteiger partial charge in [0.2, 0.25) is 0 Å². The minimum Gasteiger partial charge on any atom is -0.344 e. The van der Waals surface area contributed by atoms with Gasteiger partial charge in [0.1, 0.15) is 0 Å². The molecule has 0 aliphatic heterocycles. The van der Waals surface area contributed by atoms with E-state index in [2.05, 4.69) is 61.9 Å². The zero-order valence-corrected chi connectivity index (χ0v) is 9.91. The molecule has 1 heterocycles. The second-order valence-electron chi connectivity index (χ2n) is 4.60. The van der Waals surface area contributed by atoms with Gasteiger partial charge in [-0.05, 0) is 38.1 Å². The second kappa shape index (κ2) is 3.11. The van der Waals surface area contributed by atoms with Gasteiger partial charge in [-0.25, -0.2) is 0 Å². The van der Waals surface area contributed by atoms with Crippen molar-refractivity contribution in [1.82, 2.24) is 4.57 Å². The summed E-state index contributed by atoms with van der Waals surface area (Å²) in [7, 11) is 2.13. The number of aromatic nitrogens is 1. The predicted octanol–water partition coefficient (Wildman–Crippen LogP) is 3.95. The van der Waals surface area contributed by atoms with Crippen LogP contribution in [-0.2, 0) is 7.05 Å². The quantitative estimate of drug-likeness (QED) is 0.528. The number of hydrogen-bond acceptors (Lipinski definition) is 0. The average molecular weight is 209 g/mol. The lowest BCUT2D eigenvalue weighted by atomic mass is 10.1. The molecular formula is C15H15N. The van der Waals surface area contributed by atoms with E-state index in [0.29, 0.717) is 0 Å². The van der Waals surface area contributed by atoms with Crippen molar-refractivity contribution < 1.29 is 0 Å². The molecule has 16 heavy (non-hydrogen) atoms. The van der Waals surface area contributed by atoms with Crippen LogP contribution >= 0.6 is 0 Å². The molecule has 3 aromatic rings. The van der Waals surface area contributed by atoms with Gasteiger partial charge in [-0.3, -0.25) is 0 Å². The van der Waals surface area contributed by atoms with E-state index >= 15 is 0 Å². The fourth-order valence-electron chi connectivity index (χ4n) is 2.45. The van der Waals surface area contributed by atoms with Gasteiger partial charge in [0, 0.05) is 28.9 Å². The van der Waals surface area contributed by atoms with Crippen molar-refractivity contribution in [3.63, 3.8) is 0 Å². The van der Waals surface area contributed by atoms with Gasteiger partial charge in [0.05, 0.1) is 0 Å². The van der Waals surface area contributed by atoms with Gasteiger partial charge in [-0.2, -0.15) is 0 Å². The highest BCUT2D eigenvalue weighted by atomic mass is 14.9. The molecular weight excluding hydrogens is 194 g/mol. The van der Waals surface area contributed by atoms with E-state index in [-0.39, 0.29) is 0 Å². The number of fused-ring (bicyclic) bond motifs is 3. The van der Waals surface area contributed by atoms with Gasteiger partial charge in [-0.15, -0.1) is 0 Å². The van der Waals surface area contributed by atoms with Gasteiger partial charge >= 0.3 is 0 Å². The first-order valence-electron chi connectivity index (χ1n) is 5.62. The molecule has 3 rings (SSSR count). The number of rotatable bonds is 0. The maximum atomic E-state index is 2.27. The standard InChI is InChI=1S/C15H15N/c1-10-4-6-14-12(8-10)13-9-11(2)5-7-15(13)16(14)3/h4-9H,1-3H3. The zero-order chi connectivity index (χ0) is 11.3. The third-order valence-corrected chi connectivity index (χ3v) is 3.32. The minimum atomic E-state index is 1.31. The lowest BCUT2D eigenvalue weighted by Gasteiger charge is -1.97. The van der Waals surface area contributed by atoms with Crippen molar-refractivity contribution in [3.05, 3.63) is 47.5 Å². The van der Waals surface area contributed by atoms with Crippen LogP contribution in [0.3, 0.4) is 0 Å². The first kappa shape index (κ1) is 9.46. The van der Waals surface area contributed by atoms with E-state index in [1.165, 1.54) is 32.9 Å². The van der Waals surface area contributed by atoms with Crippen LogP contribution in [-0.4, -0.2) is 4.57 Å². The number of hydrogen-bond donors (Lipinski definition) is 0. The van der Waals surface area contributed by atoms with Crippen LogP contribution in [0.15, 0.2) is 36.4 Å². The van der Waals surface area contributed by atoms with Gasteiger partial charge in [-0.1, -0.05) is 23.3 Å². The summed E-state index contributed by atoms with van der Waals surface area (Å²) in [5, 5.41) is 2.72. The molecule has 0 saturated carbocycles. The SMILES string of the molecule is Cc1ccc2c(c1)c1cc(C)ccc1n2C. The highest BCUT2D eigenvalue weighted by Crippen LogP contribution is 2.29. The fourth-order valence-corrected chi connectivity index (χ4v) is 2.45. The van der Waals surface area contributed by atoms with Crippen molar-refractivity contribution in [2.75, 3.05) is 0 Å². The lowest BCUT2D eigenvalue weighted by molar-refractivity contribution is 1.01. The maximum absolute atomic E-state index is 2.27. The van der Waals surface area contributed by atoms with Crippen LogP contribution in [0.4, 0.5) is 0 Å². The monoisotopic (exact) mass is 209 g/mol. The van der Waals surface area contributed by atoms with Crippen molar-refractivity contribution in [2.45, 2.75) is 13.8 Å². The number of benzene rings is 2. The van der Waals surface area contributed by atoms with E-state index < -0.39 is 0 Å². The Kier molecular flexibility index (Phi) is 1.84. The molecule has 2 aromatic carbocycles.